The van der Waals surface area contributed by atoms with E-state index in [0.717, 1.165) is 5.56 Å². The molecule has 0 saturated carbocycles. The molecule has 0 aliphatic carbocycles. The number of carbonyl (C=O) groups is 2. The molecular weight excluding hydrogens is 310 g/mol. The average Bonchev–Trinajstić information content (AvgIpc) is 3.20. The van der Waals surface area contributed by atoms with Crippen LogP contribution in [0.15, 0.2) is 22.7 Å². The summed E-state index contributed by atoms with van der Waals surface area (Å²) in [5.41, 5.74) is 2.16. The van der Waals surface area contributed by atoms with Gasteiger partial charge in [-0.3, -0.25) is 9.59 Å². The number of piperazine rings is 1. The van der Waals surface area contributed by atoms with Gasteiger partial charge in [0.1, 0.15) is 0 Å². The van der Waals surface area contributed by atoms with Crippen LogP contribution in [0.1, 0.15) is 32.2 Å². The van der Waals surface area contributed by atoms with Gasteiger partial charge in [0.25, 0.3) is 17.8 Å². The van der Waals surface area contributed by atoms with E-state index in [1.165, 1.54) is 0 Å². The average molecular weight is 327 g/mol. The Hall–Kier alpha value is -2.90. The van der Waals surface area contributed by atoms with Crippen LogP contribution in [-0.2, 0) is 6.54 Å². The summed E-state index contributed by atoms with van der Waals surface area (Å²) in [7, 11) is 0. The van der Waals surface area contributed by atoms with Crippen molar-refractivity contribution < 1.29 is 14.1 Å². The summed E-state index contributed by atoms with van der Waals surface area (Å²) in [4.78, 5) is 32.3. The van der Waals surface area contributed by atoms with Crippen LogP contribution in [0.5, 0.6) is 0 Å². The van der Waals surface area contributed by atoms with Crippen LogP contribution in [-0.4, -0.2) is 53.0 Å². The number of carbonyl (C=O) groups excluding carboxylic acids is 2. The van der Waals surface area contributed by atoms with E-state index in [1.54, 1.807) is 19.1 Å². The standard InChI is InChI=1S/C16H17N5O3/c1-10-18-16(19-24-10)21-6-4-20(5-7-21)15(23)11-2-3-13-12(8-11)9-17-14(13)22/h2-3,8H,4-7,9H2,1H3,(H,17,22). The highest BCUT2D eigenvalue weighted by atomic mass is 16.5. The molecule has 2 amide bonds. The van der Waals surface area contributed by atoms with E-state index in [2.05, 4.69) is 15.5 Å². The van der Waals surface area contributed by atoms with Crippen molar-refractivity contribution in [3.05, 3.63) is 40.8 Å². The van der Waals surface area contributed by atoms with Crippen LogP contribution in [0.4, 0.5) is 5.95 Å². The van der Waals surface area contributed by atoms with E-state index in [0.29, 0.717) is 55.7 Å². The predicted octanol–water partition coefficient (Wildman–Crippen LogP) is 0.584. The molecule has 1 N–H and O–H groups in total. The number of amides is 2. The Balaban J connectivity index is 1.44. The van der Waals surface area contributed by atoms with Gasteiger partial charge in [-0.25, -0.2) is 0 Å². The Morgan fingerprint density at radius 1 is 1.25 bits per heavy atom. The lowest BCUT2D eigenvalue weighted by Gasteiger charge is -2.34. The van der Waals surface area contributed by atoms with Crippen LogP contribution in [0.25, 0.3) is 0 Å². The Morgan fingerprint density at radius 2 is 2.04 bits per heavy atom. The van der Waals surface area contributed by atoms with Gasteiger partial charge < -0.3 is 19.6 Å². The number of nitrogens with one attached hydrogen (secondary N) is 1. The van der Waals surface area contributed by atoms with Crippen LogP contribution in [0, 0.1) is 6.92 Å². The molecule has 2 aromatic rings. The fourth-order valence-corrected chi connectivity index (χ4v) is 3.07. The third kappa shape index (κ3) is 2.49. The lowest BCUT2D eigenvalue weighted by molar-refractivity contribution is 0.0745. The van der Waals surface area contributed by atoms with E-state index in [-0.39, 0.29) is 11.8 Å². The van der Waals surface area contributed by atoms with Crippen molar-refractivity contribution in [1.29, 1.82) is 0 Å². The zero-order chi connectivity index (χ0) is 16.7. The molecule has 124 valence electrons. The summed E-state index contributed by atoms with van der Waals surface area (Å²) in [5, 5.41) is 6.67. The molecule has 8 heteroatoms. The highest BCUT2D eigenvalue weighted by Crippen LogP contribution is 2.19. The Bertz CT molecular complexity index is 808. The minimum atomic E-state index is -0.0759. The Labute approximate surface area is 138 Å². The third-order valence-corrected chi connectivity index (χ3v) is 4.40. The van der Waals surface area contributed by atoms with E-state index >= 15 is 0 Å². The lowest BCUT2D eigenvalue weighted by atomic mass is 10.0. The maximum Gasteiger partial charge on any atom is 0.266 e. The molecule has 8 nitrogen and oxygen atoms in total. The van der Waals surface area contributed by atoms with Crippen LogP contribution < -0.4 is 10.2 Å². The first-order valence-electron chi connectivity index (χ1n) is 7.87. The first kappa shape index (κ1) is 14.7. The van der Waals surface area contributed by atoms with E-state index in [4.69, 9.17) is 4.52 Å². The largest absolute Gasteiger partial charge is 0.348 e. The molecule has 0 bridgehead atoms. The second-order valence-corrected chi connectivity index (χ2v) is 5.95. The monoisotopic (exact) mass is 327 g/mol. The molecule has 3 heterocycles. The van der Waals surface area contributed by atoms with Gasteiger partial charge in [-0.15, -0.1) is 0 Å². The zero-order valence-corrected chi connectivity index (χ0v) is 13.3. The fraction of sp³-hybridized carbons (Fsp3) is 0.375. The highest BCUT2D eigenvalue weighted by molar-refractivity contribution is 6.01. The molecule has 0 spiro atoms. The molecule has 1 aromatic heterocycles. The van der Waals surface area contributed by atoms with Crippen LogP contribution in [0.2, 0.25) is 0 Å². The number of rotatable bonds is 2. The number of aromatic nitrogens is 2. The van der Waals surface area contributed by atoms with Crippen molar-refractivity contribution in [2.75, 3.05) is 31.1 Å². The van der Waals surface area contributed by atoms with Crippen molar-refractivity contribution in [2.24, 2.45) is 0 Å². The maximum atomic E-state index is 12.7. The molecule has 24 heavy (non-hydrogen) atoms. The fourth-order valence-electron chi connectivity index (χ4n) is 3.07. The summed E-state index contributed by atoms with van der Waals surface area (Å²) in [6, 6.07) is 5.26. The van der Waals surface area contributed by atoms with Gasteiger partial charge in [0.05, 0.1) is 0 Å². The number of benzene rings is 1. The van der Waals surface area contributed by atoms with Gasteiger partial charge in [0.15, 0.2) is 0 Å². The molecule has 0 unspecified atom stereocenters. The van der Waals surface area contributed by atoms with E-state index < -0.39 is 0 Å². The minimum absolute atomic E-state index is 0.0129. The molecule has 0 atom stereocenters. The SMILES string of the molecule is Cc1nc(N2CCN(C(=O)c3ccc4c(c3)CNC4=O)CC2)no1. The Kier molecular flexibility index (Phi) is 3.44. The third-order valence-electron chi connectivity index (χ3n) is 4.40. The van der Waals surface area contributed by atoms with Gasteiger partial charge in [-0.2, -0.15) is 4.98 Å². The quantitative estimate of drug-likeness (QED) is 0.868. The summed E-state index contributed by atoms with van der Waals surface area (Å²) in [6.07, 6.45) is 0. The molecule has 2 aliphatic heterocycles. The van der Waals surface area contributed by atoms with Crippen LogP contribution >= 0.6 is 0 Å². The van der Waals surface area contributed by atoms with E-state index in [1.807, 2.05) is 15.9 Å². The van der Waals surface area contributed by atoms with Crippen molar-refractivity contribution in [3.63, 3.8) is 0 Å². The number of aryl methyl sites for hydroxylation is 1. The summed E-state index contributed by atoms with van der Waals surface area (Å²) >= 11 is 0. The summed E-state index contributed by atoms with van der Waals surface area (Å²) in [5.74, 6) is 1.01. The predicted molar refractivity (Wildman–Crippen MR) is 84.8 cm³/mol. The van der Waals surface area contributed by atoms with Gasteiger partial charge >= 0.3 is 0 Å². The number of nitrogens with zero attached hydrogens (tertiary/aromatic N) is 4. The topological polar surface area (TPSA) is 91.6 Å². The van der Waals surface area contributed by atoms with Gasteiger partial charge in [0, 0.05) is 50.8 Å². The second kappa shape index (κ2) is 5.63. The molecule has 0 radical (unpaired) electrons. The molecule has 4 rings (SSSR count). The zero-order valence-electron chi connectivity index (χ0n) is 13.3. The second-order valence-electron chi connectivity index (χ2n) is 5.95. The number of hydrogen-bond acceptors (Lipinski definition) is 6. The minimum Gasteiger partial charge on any atom is -0.348 e. The van der Waals surface area contributed by atoms with Gasteiger partial charge in [0.2, 0.25) is 5.89 Å². The molecular formula is C16H17N5O3. The van der Waals surface area contributed by atoms with Crippen molar-refractivity contribution in [3.8, 4) is 0 Å². The van der Waals surface area contributed by atoms with Gasteiger partial charge in [-0.1, -0.05) is 0 Å². The summed E-state index contributed by atoms with van der Waals surface area (Å²) < 4.78 is 5.00. The maximum absolute atomic E-state index is 12.7. The number of fused-ring (bicyclic) bond motifs is 1. The van der Waals surface area contributed by atoms with E-state index in [9.17, 15) is 9.59 Å². The van der Waals surface area contributed by atoms with Gasteiger partial charge in [-0.05, 0) is 28.9 Å². The molecule has 1 fully saturated rings. The normalized spacial score (nSPS) is 17.0. The molecule has 2 aliphatic rings. The molecule has 1 aromatic carbocycles. The first-order chi connectivity index (χ1) is 11.6. The number of hydrogen-bond donors (Lipinski definition) is 1. The van der Waals surface area contributed by atoms with Crippen LogP contribution in [0.3, 0.4) is 0 Å². The van der Waals surface area contributed by atoms with Crippen molar-refractivity contribution >= 4 is 17.8 Å². The first-order valence-corrected chi connectivity index (χ1v) is 7.87. The highest BCUT2D eigenvalue weighted by Gasteiger charge is 2.26. The smallest absolute Gasteiger partial charge is 0.266 e. The molecule has 1 saturated heterocycles. The van der Waals surface area contributed by atoms with Crippen molar-refractivity contribution in [1.82, 2.24) is 20.4 Å². The summed E-state index contributed by atoms with van der Waals surface area (Å²) in [6.45, 7) is 4.76. The lowest BCUT2D eigenvalue weighted by Crippen LogP contribution is -2.49. The number of anilines is 1. The Morgan fingerprint density at radius 3 is 2.75 bits per heavy atom. The van der Waals surface area contributed by atoms with Crippen molar-refractivity contribution in [2.45, 2.75) is 13.5 Å².